The molecule has 28 N–H and O–H groups in total. The monoisotopic (exact) mass is 2100 g/mol. The van der Waals surface area contributed by atoms with Crippen LogP contribution in [0.25, 0.3) is 0 Å². The topological polar surface area (TPSA) is 802 Å². The Morgan fingerprint density at radius 3 is 0.568 bits per heavy atom. The third-order valence-corrected chi connectivity index (χ3v) is 21.5. The Labute approximate surface area is 836 Å². The van der Waals surface area contributed by atoms with E-state index in [-0.39, 0.29) is 143 Å². The minimum absolute atomic E-state index is 0. The van der Waals surface area contributed by atoms with Gasteiger partial charge in [0.1, 0.15) is 47.7 Å². The van der Waals surface area contributed by atoms with Gasteiger partial charge in [-0.2, -0.15) is 0 Å². The summed E-state index contributed by atoms with van der Waals surface area (Å²) in [6, 6.07) is 25.6. The highest BCUT2D eigenvalue weighted by Crippen LogP contribution is 2.41. The number of carboxylic acids is 4. The predicted octanol–water partition coefficient (Wildman–Crippen LogP) is 3.20. The predicted molar refractivity (Wildman–Crippen MR) is 511 cm³/mol. The number of aromatic carboxylic acids is 4. The number of halogens is 4. The van der Waals surface area contributed by atoms with Crippen molar-refractivity contribution in [1.82, 2.24) is 21.3 Å². The lowest BCUT2D eigenvalue weighted by Crippen LogP contribution is -2.36. The molecule has 0 bridgehead atoms. The van der Waals surface area contributed by atoms with Crippen LogP contribution in [0.2, 0.25) is 0 Å². The molecule has 8 amide bonds. The molecule has 52 nitrogen and oxygen atoms in total. The molecule has 16 rings (SSSR count). The number of nitrogens with zero attached hydrogens (tertiary/aromatic N) is 8. The molecule has 8 aliphatic heterocycles. The highest BCUT2D eigenvalue weighted by Gasteiger charge is 2.38. The van der Waals surface area contributed by atoms with E-state index in [1.165, 1.54) is 71.6 Å². The number of phenols is 12. The van der Waals surface area contributed by atoms with Crippen molar-refractivity contribution in [1.29, 1.82) is 0 Å². The van der Waals surface area contributed by atoms with E-state index < -0.39 is 142 Å². The largest absolute Gasteiger partial charge is 0.504 e. The number of cyclic esters (lactones) is 4. The first kappa shape index (κ1) is 121. The Kier molecular flexibility index (Phi) is 46.5. The van der Waals surface area contributed by atoms with Crippen LogP contribution in [0.4, 0.5) is 82.2 Å². The van der Waals surface area contributed by atoms with E-state index in [9.17, 15) is 75.1 Å². The Bertz CT molecular complexity index is 5170. The second-order valence-corrected chi connectivity index (χ2v) is 31.8. The SMILES string of the molecule is CC(=O)NC[C@H]1CN(c2ccc(N3CCOCC3)c(F)c2)C(=O)O1.CC(=O)NC[C@H]1CN(c2ccc(N3CCOCC3)c(F)c2)C(=O)O1.CC(=O)NC[C@H]1CN(c2ccc(N3CCOCC3)c(F)c2)C(=O)O1.CC(=O)NC[C@H]1CN(c2ccc(N3CCOCC3)c(F)c2)C(=O)O1.O.O.O.O.O=C(O)c1cc(O)c(O)c(O)c1.O=C(O)c1cc(O)c(O)c(O)c1.O=C(O)c1cc(O)c(O)c(O)c1.O=C(O)c1cc(O)c(O)c(O)c1. The summed E-state index contributed by atoms with van der Waals surface area (Å²) in [4.78, 5) is 146. The number of amides is 8. The molecular weight excluding hydrogens is 1990 g/mol. The van der Waals surface area contributed by atoms with E-state index in [2.05, 4.69) is 21.3 Å². The van der Waals surface area contributed by atoms with Gasteiger partial charge in [-0.05, 0) is 121 Å². The van der Waals surface area contributed by atoms with Crippen LogP contribution >= 0.6 is 0 Å². The normalized spacial score (nSPS) is 16.7. The highest BCUT2D eigenvalue weighted by atomic mass is 19.1. The number of hydrogen-bond acceptors (Lipinski definition) is 36. The fourth-order valence-corrected chi connectivity index (χ4v) is 14.2. The molecule has 8 saturated heterocycles. The smallest absolute Gasteiger partial charge is 0.414 e. The van der Waals surface area contributed by atoms with Gasteiger partial charge in [0.25, 0.3) is 0 Å². The van der Waals surface area contributed by atoms with Crippen molar-refractivity contribution in [2.24, 2.45) is 0 Å². The van der Waals surface area contributed by atoms with Gasteiger partial charge in [0.2, 0.25) is 23.6 Å². The third-order valence-electron chi connectivity index (χ3n) is 21.5. The van der Waals surface area contributed by atoms with Crippen LogP contribution in [0.5, 0.6) is 69.0 Å². The number of carbonyl (C=O) groups excluding carboxylic acids is 8. The lowest BCUT2D eigenvalue weighted by atomic mass is 10.2. The molecule has 8 aromatic rings. The zero-order valence-corrected chi connectivity index (χ0v) is 79.2. The molecule has 8 fully saturated rings. The Morgan fingerprint density at radius 2 is 0.432 bits per heavy atom. The van der Waals surface area contributed by atoms with Crippen LogP contribution in [-0.2, 0) is 57.1 Å². The van der Waals surface area contributed by atoms with Crippen molar-refractivity contribution in [3.63, 3.8) is 0 Å². The maximum atomic E-state index is 14.4. The number of rotatable bonds is 20. The fraction of sp³-hybridized carbons (Fsp3) is 0.348. The zero-order chi connectivity index (χ0) is 106. The average molecular weight is 2100 g/mol. The number of morpholine rings is 4. The summed E-state index contributed by atoms with van der Waals surface area (Å²) in [6.45, 7) is 17.4. The average Bonchev–Trinajstić information content (AvgIpc) is 1.66. The molecule has 8 aromatic carbocycles. The van der Waals surface area contributed by atoms with Gasteiger partial charge in [0, 0.05) is 80.1 Å². The number of benzene rings is 8. The molecule has 56 heteroatoms. The van der Waals surface area contributed by atoms with E-state index >= 15 is 0 Å². The number of aromatic hydroxyl groups is 12. The number of ether oxygens (including phenoxy) is 8. The van der Waals surface area contributed by atoms with Crippen LogP contribution in [-0.4, -0.2) is 357 Å². The summed E-state index contributed by atoms with van der Waals surface area (Å²) in [5.41, 5.74) is 2.64. The molecule has 8 aliphatic rings. The number of anilines is 8. The summed E-state index contributed by atoms with van der Waals surface area (Å²) in [6.07, 6.45) is -3.92. The first-order valence-corrected chi connectivity index (χ1v) is 43.6. The molecule has 0 spiro atoms. The van der Waals surface area contributed by atoms with Crippen molar-refractivity contribution in [2.45, 2.75) is 52.1 Å². The lowest BCUT2D eigenvalue weighted by Gasteiger charge is -2.29. The van der Waals surface area contributed by atoms with Crippen LogP contribution in [0.3, 0.4) is 0 Å². The van der Waals surface area contributed by atoms with E-state index in [0.29, 0.717) is 151 Å². The first-order valence-electron chi connectivity index (χ1n) is 43.6. The van der Waals surface area contributed by atoms with Gasteiger partial charge in [0.15, 0.2) is 69.0 Å². The number of hydrogen-bond donors (Lipinski definition) is 20. The molecule has 0 radical (unpaired) electrons. The van der Waals surface area contributed by atoms with Crippen LogP contribution in [0, 0.1) is 23.3 Å². The van der Waals surface area contributed by atoms with Crippen molar-refractivity contribution in [3.8, 4) is 69.0 Å². The minimum Gasteiger partial charge on any atom is -0.504 e. The summed E-state index contributed by atoms with van der Waals surface area (Å²) in [7, 11) is 0. The quantitative estimate of drug-likeness (QED) is 0.0296. The van der Waals surface area contributed by atoms with E-state index in [1.807, 2.05) is 19.6 Å². The Balaban J connectivity index is 0.000000302. The van der Waals surface area contributed by atoms with E-state index in [0.717, 1.165) is 48.5 Å². The number of carbonyl (C=O) groups is 12. The van der Waals surface area contributed by atoms with Crippen LogP contribution < -0.4 is 60.5 Å². The molecule has 8 heterocycles. The molecule has 808 valence electrons. The number of nitrogens with one attached hydrogen (secondary N) is 4. The minimum atomic E-state index is -1.29. The third kappa shape index (κ3) is 34.5. The van der Waals surface area contributed by atoms with Gasteiger partial charge >= 0.3 is 48.3 Å². The standard InChI is InChI=1S/4C16H20FN3O4.4C7H6O5.4H2O/c4*1-11(21)18-9-13-10-20(16(22)24-13)12-2-3-15(14(17)8-12)19-4-6-23-7-5-19;4*8-4-1-3(7(11)12)2-5(9)6(4)10;;;;/h4*2-3,8,13H,4-7,9-10H2,1H3,(H,18,21);4*1-2,8-10H,(H,11,12);4*1H2/t4*13-;;;;;;;;/m0000......../s1. The zero-order valence-electron chi connectivity index (χ0n) is 79.2. The van der Waals surface area contributed by atoms with Gasteiger partial charge in [-0.25, -0.2) is 55.9 Å². The Hall–Kier alpha value is -17.2. The van der Waals surface area contributed by atoms with Gasteiger partial charge in [-0.3, -0.25) is 38.8 Å². The number of carboxylic acid groups (broad SMARTS) is 4. The van der Waals surface area contributed by atoms with Crippen LogP contribution in [0.15, 0.2) is 121 Å². The van der Waals surface area contributed by atoms with Gasteiger partial charge in [0.05, 0.1) is 173 Å². The fourth-order valence-electron chi connectivity index (χ4n) is 14.2. The summed E-state index contributed by atoms with van der Waals surface area (Å²) in [5.74, 6) is -15.6. The second-order valence-electron chi connectivity index (χ2n) is 31.8. The molecule has 4 atom stereocenters. The summed E-state index contributed by atoms with van der Waals surface area (Å²) >= 11 is 0. The molecule has 148 heavy (non-hydrogen) atoms. The number of phenolic OH excluding ortho intramolecular Hbond substituents is 12. The van der Waals surface area contributed by atoms with E-state index in [4.69, 9.17) is 120 Å². The lowest BCUT2D eigenvalue weighted by molar-refractivity contribution is -0.120. The molecule has 0 unspecified atom stereocenters. The molecular formula is C92H112F4N12O40. The van der Waals surface area contributed by atoms with Crippen molar-refractivity contribution in [3.05, 3.63) is 167 Å². The summed E-state index contributed by atoms with van der Waals surface area (Å²) < 4.78 is 99.6. The van der Waals surface area contributed by atoms with Gasteiger partial charge in [-0.1, -0.05) is 0 Å². The van der Waals surface area contributed by atoms with Crippen LogP contribution in [0.1, 0.15) is 69.1 Å². The van der Waals surface area contributed by atoms with Crippen molar-refractivity contribution < 1.29 is 217 Å². The second kappa shape index (κ2) is 56.7. The van der Waals surface area contributed by atoms with Crippen molar-refractivity contribution >= 4 is 117 Å². The highest BCUT2D eigenvalue weighted by molar-refractivity contribution is 5.95. The maximum absolute atomic E-state index is 14.4. The first-order chi connectivity index (χ1) is 68.2. The van der Waals surface area contributed by atoms with Crippen molar-refractivity contribution in [2.75, 3.05) is 197 Å². The van der Waals surface area contributed by atoms with Gasteiger partial charge in [-0.15, -0.1) is 0 Å². The Morgan fingerprint density at radius 1 is 0.277 bits per heavy atom. The van der Waals surface area contributed by atoms with E-state index in [1.54, 1.807) is 48.5 Å². The maximum Gasteiger partial charge on any atom is 0.414 e. The summed E-state index contributed by atoms with van der Waals surface area (Å²) in [5, 5.41) is 150. The molecule has 0 aliphatic carbocycles. The molecule has 0 saturated carbocycles. The van der Waals surface area contributed by atoms with Gasteiger partial charge < -0.3 is 182 Å². The molecule has 0 aromatic heterocycles.